The van der Waals surface area contributed by atoms with Crippen molar-refractivity contribution in [2.75, 3.05) is 6.54 Å². The molecule has 0 saturated carbocycles. The number of benzene rings is 1. The Morgan fingerprint density at radius 2 is 2.24 bits per heavy atom. The predicted octanol–water partition coefficient (Wildman–Crippen LogP) is 4.16. The zero-order valence-electron chi connectivity index (χ0n) is 10.3. The van der Waals surface area contributed by atoms with E-state index in [0.717, 1.165) is 17.7 Å². The summed E-state index contributed by atoms with van der Waals surface area (Å²) in [6.45, 7) is 7.33. The van der Waals surface area contributed by atoms with Crippen molar-refractivity contribution in [2.45, 2.75) is 37.3 Å². The lowest BCUT2D eigenvalue weighted by Gasteiger charge is -2.40. The SMILES string of the molecule is CCNC1c2ccc(Cl)c(F)c2CSC1(C)C. The molecule has 1 heterocycles. The van der Waals surface area contributed by atoms with Crippen molar-refractivity contribution in [3.8, 4) is 0 Å². The van der Waals surface area contributed by atoms with E-state index >= 15 is 0 Å². The summed E-state index contributed by atoms with van der Waals surface area (Å²) in [5, 5.41) is 3.67. The van der Waals surface area contributed by atoms with E-state index in [4.69, 9.17) is 11.6 Å². The van der Waals surface area contributed by atoms with Gasteiger partial charge in [0.25, 0.3) is 0 Å². The van der Waals surface area contributed by atoms with Gasteiger partial charge in [0.2, 0.25) is 0 Å². The van der Waals surface area contributed by atoms with Crippen LogP contribution < -0.4 is 5.32 Å². The number of fused-ring (bicyclic) bond motifs is 1. The van der Waals surface area contributed by atoms with E-state index < -0.39 is 0 Å². The Morgan fingerprint density at radius 3 is 2.88 bits per heavy atom. The summed E-state index contributed by atoms with van der Waals surface area (Å²) >= 11 is 7.61. The van der Waals surface area contributed by atoms with Crippen LogP contribution in [-0.2, 0) is 5.75 Å². The molecule has 17 heavy (non-hydrogen) atoms. The second-order valence-electron chi connectivity index (χ2n) is 4.81. The second-order valence-corrected chi connectivity index (χ2v) is 6.85. The van der Waals surface area contributed by atoms with Crippen LogP contribution in [0.1, 0.15) is 37.9 Å². The molecule has 1 N–H and O–H groups in total. The fraction of sp³-hybridized carbons (Fsp3) is 0.538. The third-order valence-corrected chi connectivity index (χ3v) is 4.94. The van der Waals surface area contributed by atoms with Gasteiger partial charge in [0.1, 0.15) is 5.82 Å². The summed E-state index contributed by atoms with van der Waals surface area (Å²) in [6.07, 6.45) is 0. The van der Waals surface area contributed by atoms with Crippen LogP contribution in [-0.4, -0.2) is 11.3 Å². The molecule has 0 spiro atoms. The van der Waals surface area contributed by atoms with E-state index in [1.807, 2.05) is 6.07 Å². The Balaban J connectivity index is 2.50. The van der Waals surface area contributed by atoms with Gasteiger partial charge in [-0.15, -0.1) is 11.8 Å². The number of rotatable bonds is 2. The summed E-state index contributed by atoms with van der Waals surface area (Å²) in [4.78, 5) is 0. The van der Waals surface area contributed by atoms with E-state index in [1.165, 1.54) is 0 Å². The van der Waals surface area contributed by atoms with E-state index in [-0.39, 0.29) is 21.6 Å². The summed E-state index contributed by atoms with van der Waals surface area (Å²) in [7, 11) is 0. The van der Waals surface area contributed by atoms with Crippen molar-refractivity contribution in [2.24, 2.45) is 0 Å². The summed E-state index contributed by atoms with van der Waals surface area (Å²) < 4.78 is 14.0. The molecule has 1 aromatic carbocycles. The van der Waals surface area contributed by atoms with Crippen molar-refractivity contribution >= 4 is 23.4 Å². The van der Waals surface area contributed by atoms with Crippen molar-refractivity contribution in [3.05, 3.63) is 34.1 Å². The molecule has 2 rings (SSSR count). The minimum absolute atomic E-state index is 0.0727. The van der Waals surface area contributed by atoms with Crippen LogP contribution in [0.2, 0.25) is 5.02 Å². The molecule has 0 aliphatic carbocycles. The van der Waals surface area contributed by atoms with Crippen molar-refractivity contribution in [3.63, 3.8) is 0 Å². The van der Waals surface area contributed by atoms with Crippen LogP contribution >= 0.6 is 23.4 Å². The quantitative estimate of drug-likeness (QED) is 0.869. The Labute approximate surface area is 111 Å². The molecule has 1 unspecified atom stereocenters. The van der Waals surface area contributed by atoms with Crippen molar-refractivity contribution in [1.82, 2.24) is 5.32 Å². The lowest BCUT2D eigenvalue weighted by atomic mass is 9.91. The molecule has 0 fully saturated rings. The van der Waals surface area contributed by atoms with Crippen LogP contribution in [0, 0.1) is 5.82 Å². The number of hydrogen-bond donors (Lipinski definition) is 1. The molecular formula is C13H17ClFNS. The number of hydrogen-bond acceptors (Lipinski definition) is 2. The summed E-state index contributed by atoms with van der Waals surface area (Å²) in [5.41, 5.74) is 1.81. The fourth-order valence-electron chi connectivity index (χ4n) is 2.30. The highest BCUT2D eigenvalue weighted by Crippen LogP contribution is 2.46. The van der Waals surface area contributed by atoms with Gasteiger partial charge >= 0.3 is 0 Å². The smallest absolute Gasteiger partial charge is 0.146 e. The monoisotopic (exact) mass is 273 g/mol. The highest BCUT2D eigenvalue weighted by molar-refractivity contribution is 8.00. The number of halogens is 2. The van der Waals surface area contributed by atoms with Gasteiger partial charge in [-0.3, -0.25) is 0 Å². The van der Waals surface area contributed by atoms with Crippen LogP contribution in [0.4, 0.5) is 4.39 Å². The van der Waals surface area contributed by atoms with Crippen molar-refractivity contribution < 1.29 is 4.39 Å². The summed E-state index contributed by atoms with van der Waals surface area (Å²) in [5.74, 6) is 0.437. The molecule has 1 aromatic rings. The first-order chi connectivity index (χ1) is 7.97. The molecule has 1 aliphatic rings. The number of nitrogens with one attached hydrogen (secondary N) is 1. The van der Waals surface area contributed by atoms with E-state index in [2.05, 4.69) is 26.1 Å². The maximum Gasteiger partial charge on any atom is 0.146 e. The maximum atomic E-state index is 14.0. The lowest BCUT2D eigenvalue weighted by molar-refractivity contribution is 0.445. The first-order valence-electron chi connectivity index (χ1n) is 5.81. The van der Waals surface area contributed by atoms with E-state index in [9.17, 15) is 4.39 Å². The molecule has 0 radical (unpaired) electrons. The van der Waals surface area contributed by atoms with Gasteiger partial charge in [-0.1, -0.05) is 24.6 Å². The molecule has 0 aromatic heterocycles. The molecular weight excluding hydrogens is 257 g/mol. The minimum atomic E-state index is -0.255. The Hall–Kier alpha value is -0.250. The molecule has 1 aliphatic heterocycles. The highest BCUT2D eigenvalue weighted by Gasteiger charge is 2.37. The molecule has 94 valence electrons. The Bertz CT molecular complexity index is 434. The van der Waals surface area contributed by atoms with Gasteiger partial charge in [0, 0.05) is 22.1 Å². The summed E-state index contributed by atoms with van der Waals surface area (Å²) in [6, 6.07) is 3.79. The Morgan fingerprint density at radius 1 is 1.53 bits per heavy atom. The topological polar surface area (TPSA) is 12.0 Å². The molecule has 4 heteroatoms. The first-order valence-corrected chi connectivity index (χ1v) is 7.18. The zero-order chi connectivity index (χ0) is 12.6. The second kappa shape index (κ2) is 4.79. The fourth-order valence-corrected chi connectivity index (χ4v) is 3.66. The highest BCUT2D eigenvalue weighted by atomic mass is 35.5. The largest absolute Gasteiger partial charge is 0.309 e. The normalized spacial score (nSPS) is 22.3. The average Bonchev–Trinajstić information content (AvgIpc) is 2.27. The minimum Gasteiger partial charge on any atom is -0.309 e. The van der Waals surface area contributed by atoms with Gasteiger partial charge in [-0.2, -0.15) is 0 Å². The first kappa shape index (κ1) is 13.2. The van der Waals surface area contributed by atoms with Crippen LogP contribution in [0.5, 0.6) is 0 Å². The van der Waals surface area contributed by atoms with Crippen LogP contribution in [0.15, 0.2) is 12.1 Å². The number of thioether (sulfide) groups is 1. The van der Waals surface area contributed by atoms with Gasteiger partial charge in [0.15, 0.2) is 0 Å². The maximum absolute atomic E-state index is 14.0. The third-order valence-electron chi connectivity index (χ3n) is 3.24. The van der Waals surface area contributed by atoms with Gasteiger partial charge in [0.05, 0.1) is 5.02 Å². The van der Waals surface area contributed by atoms with Gasteiger partial charge in [-0.25, -0.2) is 4.39 Å². The predicted molar refractivity (Wildman–Crippen MR) is 73.2 cm³/mol. The lowest BCUT2D eigenvalue weighted by Crippen LogP contribution is -2.40. The van der Waals surface area contributed by atoms with E-state index in [0.29, 0.717) is 5.75 Å². The zero-order valence-corrected chi connectivity index (χ0v) is 11.9. The molecule has 1 atom stereocenters. The van der Waals surface area contributed by atoms with Crippen LogP contribution in [0.25, 0.3) is 0 Å². The van der Waals surface area contributed by atoms with Gasteiger partial charge < -0.3 is 5.32 Å². The average molecular weight is 274 g/mol. The third kappa shape index (κ3) is 2.33. The molecule has 0 amide bonds. The van der Waals surface area contributed by atoms with Crippen molar-refractivity contribution in [1.29, 1.82) is 0 Å². The van der Waals surface area contributed by atoms with Gasteiger partial charge in [-0.05, 0) is 32.0 Å². The Kier molecular flexibility index (Phi) is 3.71. The van der Waals surface area contributed by atoms with E-state index in [1.54, 1.807) is 17.8 Å². The molecule has 1 nitrogen and oxygen atoms in total. The van der Waals surface area contributed by atoms with Crippen LogP contribution in [0.3, 0.4) is 0 Å². The molecule has 0 bridgehead atoms. The standard InChI is InChI=1S/C13H17ClFNS/c1-4-16-12-8-5-6-10(14)11(15)9(8)7-17-13(12,2)3/h5-6,12,16H,4,7H2,1-3H3. The molecule has 0 saturated heterocycles.